The van der Waals surface area contributed by atoms with Gasteiger partial charge in [-0.3, -0.25) is 19.3 Å². The van der Waals surface area contributed by atoms with Gasteiger partial charge in [0.2, 0.25) is 0 Å². The largest absolute Gasteiger partial charge is 0.463 e. The number of urea groups is 1. The molecule has 1 unspecified atom stereocenters. The number of thiophene rings is 1. The Morgan fingerprint density at radius 2 is 1.74 bits per heavy atom. The quantitative estimate of drug-likeness (QED) is 0.402. The normalized spacial score (nSPS) is 17.1. The maximum atomic E-state index is 12.7. The van der Waals surface area contributed by atoms with Gasteiger partial charge in [-0.15, -0.1) is 11.3 Å². The summed E-state index contributed by atoms with van der Waals surface area (Å²) in [4.78, 5) is 63.9. The van der Waals surface area contributed by atoms with Crippen LogP contribution in [0.25, 0.3) is 0 Å². The van der Waals surface area contributed by atoms with E-state index in [9.17, 15) is 24.0 Å². The second-order valence-corrected chi connectivity index (χ2v) is 8.71. The molecule has 2 aromatic rings. The number of carbonyl (C=O) groups excluding carboxylic acids is 5. The average molecular weight is 498 g/mol. The first kappa shape index (κ1) is 24.1. The van der Waals surface area contributed by atoms with Crippen LogP contribution in [0.1, 0.15) is 51.4 Å². The molecular formula is C24H23N3O7S. The molecule has 10 nitrogen and oxygen atoms in total. The molecule has 4 rings (SSSR count). The second-order valence-electron chi connectivity index (χ2n) is 7.73. The third-order valence-electron chi connectivity index (χ3n) is 5.49. The molecule has 182 valence electrons. The van der Waals surface area contributed by atoms with Crippen LogP contribution in [0.4, 0.5) is 4.79 Å². The molecule has 0 fully saturated rings. The van der Waals surface area contributed by atoms with Crippen molar-refractivity contribution >= 4 is 41.1 Å². The number of hydrogen-bond donors (Lipinski definition) is 2. The molecular weight excluding hydrogens is 474 g/mol. The second kappa shape index (κ2) is 10.5. The van der Waals surface area contributed by atoms with Crippen LogP contribution in [0.5, 0.6) is 0 Å². The van der Waals surface area contributed by atoms with Gasteiger partial charge in [0.1, 0.15) is 6.61 Å². The number of rotatable bonds is 9. The number of esters is 2. The van der Waals surface area contributed by atoms with Gasteiger partial charge in [-0.1, -0.05) is 18.2 Å². The van der Waals surface area contributed by atoms with Crippen LogP contribution in [-0.2, 0) is 19.1 Å². The molecule has 0 saturated heterocycles. The van der Waals surface area contributed by atoms with Gasteiger partial charge in [-0.05, 0) is 36.9 Å². The Hall–Kier alpha value is -3.99. The number of nitrogens with zero attached hydrogens (tertiary/aromatic N) is 1. The minimum absolute atomic E-state index is 0.0595. The van der Waals surface area contributed by atoms with Gasteiger partial charge in [0.15, 0.2) is 0 Å². The van der Waals surface area contributed by atoms with Gasteiger partial charge in [-0.2, -0.15) is 0 Å². The molecule has 0 spiro atoms. The molecule has 3 heterocycles. The van der Waals surface area contributed by atoms with Crippen LogP contribution in [0.3, 0.4) is 0 Å². The maximum Gasteiger partial charge on any atom is 0.338 e. The summed E-state index contributed by atoms with van der Waals surface area (Å²) >= 11 is 1.36. The predicted octanol–water partition coefficient (Wildman–Crippen LogP) is 2.54. The minimum atomic E-state index is -0.731. The van der Waals surface area contributed by atoms with Gasteiger partial charge in [-0.25, -0.2) is 9.59 Å². The Labute approximate surface area is 204 Å². The first-order chi connectivity index (χ1) is 16.9. The minimum Gasteiger partial charge on any atom is -0.463 e. The van der Waals surface area contributed by atoms with Crippen LogP contribution in [-0.4, -0.2) is 54.4 Å². The fourth-order valence-electron chi connectivity index (χ4n) is 3.90. The standard InChI is InChI=1S/C24H23N3O7S/c1-2-33-23(31)19-16(25-24(32)26-20(19)17-9-6-12-35-17)13-34-18(28)10-5-11-27-21(29)14-7-3-4-8-15(14)22(27)30/h3-4,6-9,12,20H,2,5,10-11,13H2,1H3,(H2,25,26,32). The molecule has 1 aromatic heterocycles. The highest BCUT2D eigenvalue weighted by Crippen LogP contribution is 2.31. The summed E-state index contributed by atoms with van der Waals surface area (Å²) in [7, 11) is 0. The summed E-state index contributed by atoms with van der Waals surface area (Å²) in [5.74, 6) is -2.01. The molecule has 0 aliphatic carbocycles. The summed E-state index contributed by atoms with van der Waals surface area (Å²) in [5, 5.41) is 7.05. The molecule has 0 radical (unpaired) electrons. The average Bonchev–Trinajstić information content (AvgIpc) is 3.46. The number of amides is 4. The first-order valence-electron chi connectivity index (χ1n) is 11.0. The molecule has 0 bridgehead atoms. The first-order valence-corrected chi connectivity index (χ1v) is 11.9. The number of fused-ring (bicyclic) bond motifs is 1. The van der Waals surface area contributed by atoms with Crippen molar-refractivity contribution in [3.05, 3.63) is 69.1 Å². The zero-order valence-electron chi connectivity index (χ0n) is 18.9. The van der Waals surface area contributed by atoms with Crippen LogP contribution in [0, 0.1) is 0 Å². The van der Waals surface area contributed by atoms with Crippen molar-refractivity contribution in [2.75, 3.05) is 19.8 Å². The SMILES string of the molecule is CCOC(=O)C1=C(COC(=O)CCCN2C(=O)c3ccccc3C2=O)NC(=O)NC1c1cccs1. The molecule has 11 heteroatoms. The number of imide groups is 1. The Morgan fingerprint density at radius 3 is 2.37 bits per heavy atom. The third kappa shape index (κ3) is 5.09. The lowest BCUT2D eigenvalue weighted by molar-refractivity contribution is -0.143. The number of ether oxygens (including phenoxy) is 2. The van der Waals surface area contributed by atoms with Crippen LogP contribution in [0.2, 0.25) is 0 Å². The third-order valence-corrected chi connectivity index (χ3v) is 6.43. The molecule has 35 heavy (non-hydrogen) atoms. The van der Waals surface area contributed by atoms with Crippen molar-refractivity contribution in [1.82, 2.24) is 15.5 Å². The zero-order valence-corrected chi connectivity index (χ0v) is 19.7. The Morgan fingerprint density at radius 1 is 1.03 bits per heavy atom. The lowest BCUT2D eigenvalue weighted by atomic mass is 10.0. The van der Waals surface area contributed by atoms with E-state index in [-0.39, 0.29) is 55.7 Å². The highest BCUT2D eigenvalue weighted by atomic mass is 32.1. The van der Waals surface area contributed by atoms with Crippen molar-refractivity contribution in [2.24, 2.45) is 0 Å². The molecule has 2 aliphatic rings. The van der Waals surface area contributed by atoms with Crippen molar-refractivity contribution < 1.29 is 33.4 Å². The monoisotopic (exact) mass is 497 g/mol. The highest BCUT2D eigenvalue weighted by Gasteiger charge is 2.36. The van der Waals surface area contributed by atoms with E-state index in [1.165, 1.54) is 11.3 Å². The molecule has 1 atom stereocenters. The number of hydrogen-bond acceptors (Lipinski definition) is 8. The van der Waals surface area contributed by atoms with E-state index in [2.05, 4.69) is 10.6 Å². The van der Waals surface area contributed by atoms with Gasteiger partial charge in [0.05, 0.1) is 35.0 Å². The van der Waals surface area contributed by atoms with Crippen LogP contribution in [0.15, 0.2) is 53.0 Å². The Balaban J connectivity index is 1.38. The van der Waals surface area contributed by atoms with Crippen molar-refractivity contribution in [3.63, 3.8) is 0 Å². The lowest BCUT2D eigenvalue weighted by Crippen LogP contribution is -2.46. The van der Waals surface area contributed by atoms with E-state index in [1.807, 2.05) is 5.38 Å². The summed E-state index contributed by atoms with van der Waals surface area (Å²) < 4.78 is 10.5. The van der Waals surface area contributed by atoms with E-state index in [4.69, 9.17) is 9.47 Å². The van der Waals surface area contributed by atoms with Crippen LogP contribution < -0.4 is 10.6 Å². The summed E-state index contributed by atoms with van der Waals surface area (Å²) in [6.07, 6.45) is 0.149. The van der Waals surface area contributed by atoms with Crippen molar-refractivity contribution in [1.29, 1.82) is 0 Å². The van der Waals surface area contributed by atoms with Crippen molar-refractivity contribution in [3.8, 4) is 0 Å². The van der Waals surface area contributed by atoms with Gasteiger partial charge < -0.3 is 20.1 Å². The zero-order chi connectivity index (χ0) is 24.9. The van der Waals surface area contributed by atoms with Crippen molar-refractivity contribution in [2.45, 2.75) is 25.8 Å². The number of nitrogens with one attached hydrogen (secondary N) is 2. The molecule has 0 saturated carbocycles. The number of benzene rings is 1. The Bertz CT molecular complexity index is 1170. The summed E-state index contributed by atoms with van der Waals surface area (Å²) in [6, 6.07) is 8.87. The molecule has 4 amide bonds. The summed E-state index contributed by atoms with van der Waals surface area (Å²) in [6.45, 7) is 1.54. The Kier molecular flexibility index (Phi) is 7.25. The van der Waals surface area contributed by atoms with E-state index >= 15 is 0 Å². The fourth-order valence-corrected chi connectivity index (χ4v) is 4.68. The van der Waals surface area contributed by atoms with Crippen LogP contribution >= 0.6 is 11.3 Å². The van der Waals surface area contributed by atoms with E-state index < -0.39 is 24.0 Å². The predicted molar refractivity (Wildman–Crippen MR) is 124 cm³/mol. The van der Waals surface area contributed by atoms with Gasteiger partial charge in [0.25, 0.3) is 11.8 Å². The lowest BCUT2D eigenvalue weighted by Gasteiger charge is -2.28. The smallest absolute Gasteiger partial charge is 0.338 e. The molecule has 1 aromatic carbocycles. The van der Waals surface area contributed by atoms with Gasteiger partial charge in [0, 0.05) is 17.8 Å². The molecule has 2 N–H and O–H groups in total. The maximum absolute atomic E-state index is 12.7. The highest BCUT2D eigenvalue weighted by molar-refractivity contribution is 7.10. The van der Waals surface area contributed by atoms with E-state index in [1.54, 1.807) is 43.3 Å². The van der Waals surface area contributed by atoms with E-state index in [0.717, 1.165) is 9.78 Å². The molecule has 2 aliphatic heterocycles. The summed E-state index contributed by atoms with van der Waals surface area (Å²) in [5.41, 5.74) is 0.993. The number of carbonyl (C=O) groups is 5. The topological polar surface area (TPSA) is 131 Å². The van der Waals surface area contributed by atoms with E-state index in [0.29, 0.717) is 11.1 Å². The fraction of sp³-hybridized carbons (Fsp3) is 0.292. The van der Waals surface area contributed by atoms with Gasteiger partial charge >= 0.3 is 18.0 Å².